The topological polar surface area (TPSA) is 49.4 Å². The van der Waals surface area contributed by atoms with Crippen LogP contribution < -0.4 is 10.2 Å². The van der Waals surface area contributed by atoms with Crippen LogP contribution >= 0.6 is 15.9 Å². The summed E-state index contributed by atoms with van der Waals surface area (Å²) in [5, 5.41) is 3.25. The van der Waals surface area contributed by atoms with Gasteiger partial charge in [0.25, 0.3) is 5.78 Å². The molecule has 2 aromatic rings. The zero-order valence-corrected chi connectivity index (χ0v) is 13.7. The number of hydrogen-bond donors (Lipinski definition) is 1. The first-order valence-corrected chi connectivity index (χ1v) is 7.88. The van der Waals surface area contributed by atoms with Gasteiger partial charge >= 0.3 is 5.91 Å². The molecular formula is C17H15BrN2O2. The summed E-state index contributed by atoms with van der Waals surface area (Å²) in [5.74, 6) is -0.948. The molecule has 1 N–H and O–H groups in total. The summed E-state index contributed by atoms with van der Waals surface area (Å²) in [4.78, 5) is 25.7. The van der Waals surface area contributed by atoms with E-state index in [2.05, 4.69) is 28.2 Å². The van der Waals surface area contributed by atoms with Crippen LogP contribution in [0.4, 0.5) is 11.4 Å². The molecule has 0 bridgehead atoms. The van der Waals surface area contributed by atoms with Crippen LogP contribution in [0.1, 0.15) is 22.8 Å². The fraction of sp³-hybridized carbons (Fsp3) is 0.176. The Labute approximate surface area is 137 Å². The van der Waals surface area contributed by atoms with Gasteiger partial charge in [-0.05, 0) is 36.2 Å². The second-order valence-electron chi connectivity index (χ2n) is 5.07. The first kappa shape index (κ1) is 14.8. The molecule has 3 rings (SSSR count). The van der Waals surface area contributed by atoms with E-state index in [9.17, 15) is 9.59 Å². The van der Waals surface area contributed by atoms with Crippen LogP contribution in [0.3, 0.4) is 0 Å². The lowest BCUT2D eigenvalue weighted by Gasteiger charge is -2.19. The summed E-state index contributed by atoms with van der Waals surface area (Å²) in [5.41, 5.74) is 3.26. The maximum atomic E-state index is 12.2. The highest BCUT2D eigenvalue weighted by atomic mass is 79.9. The molecule has 0 unspecified atom stereocenters. The summed E-state index contributed by atoms with van der Waals surface area (Å²) < 4.78 is 0.790. The lowest BCUT2D eigenvalue weighted by atomic mass is 10.1. The predicted octanol–water partition coefficient (Wildman–Crippen LogP) is 3.61. The molecule has 0 atom stereocenters. The lowest BCUT2D eigenvalue weighted by molar-refractivity contribution is -0.114. The van der Waals surface area contributed by atoms with Crippen LogP contribution in [0.2, 0.25) is 0 Å². The number of nitrogens with one attached hydrogen (secondary N) is 1. The van der Waals surface area contributed by atoms with Crippen molar-refractivity contribution in [3.05, 3.63) is 58.1 Å². The van der Waals surface area contributed by atoms with Crippen LogP contribution in [0, 0.1) is 0 Å². The smallest absolute Gasteiger partial charge is 0.300 e. The monoisotopic (exact) mass is 358 g/mol. The third kappa shape index (κ3) is 2.52. The Bertz CT molecular complexity index is 758. The number of rotatable bonds is 4. The van der Waals surface area contributed by atoms with Crippen LogP contribution in [0.25, 0.3) is 0 Å². The van der Waals surface area contributed by atoms with Crippen LogP contribution in [0.5, 0.6) is 0 Å². The second kappa shape index (κ2) is 5.93. The number of nitrogens with zero attached hydrogens (tertiary/aromatic N) is 1. The fourth-order valence-electron chi connectivity index (χ4n) is 2.59. The van der Waals surface area contributed by atoms with Gasteiger partial charge in [0.1, 0.15) is 0 Å². The van der Waals surface area contributed by atoms with E-state index in [1.165, 1.54) is 10.5 Å². The number of anilines is 2. The second-order valence-corrected chi connectivity index (χ2v) is 5.99. The van der Waals surface area contributed by atoms with E-state index in [-0.39, 0.29) is 6.67 Å². The molecule has 0 radical (unpaired) electrons. The lowest BCUT2D eigenvalue weighted by Crippen LogP contribution is -2.34. The average Bonchev–Trinajstić information content (AvgIpc) is 2.77. The number of halogens is 1. The van der Waals surface area contributed by atoms with E-state index >= 15 is 0 Å². The maximum absolute atomic E-state index is 12.2. The summed E-state index contributed by atoms with van der Waals surface area (Å²) >= 11 is 3.33. The Hall–Kier alpha value is -2.14. The van der Waals surface area contributed by atoms with Gasteiger partial charge in [0.15, 0.2) is 0 Å². The van der Waals surface area contributed by atoms with Crippen molar-refractivity contribution >= 4 is 39.0 Å². The molecule has 0 aliphatic carbocycles. The van der Waals surface area contributed by atoms with Crippen LogP contribution in [-0.4, -0.2) is 18.4 Å². The number of amides is 1. The zero-order chi connectivity index (χ0) is 15.7. The molecule has 112 valence electrons. The van der Waals surface area contributed by atoms with Crippen molar-refractivity contribution < 1.29 is 9.59 Å². The SMILES string of the molecule is CCc1ccccc1NCN1C(=O)C(=O)c2cc(Br)ccc21. The average molecular weight is 359 g/mol. The molecule has 4 nitrogen and oxygen atoms in total. The number of aryl methyl sites for hydroxylation is 1. The third-order valence-corrected chi connectivity index (χ3v) is 4.25. The van der Waals surface area contributed by atoms with E-state index in [0.29, 0.717) is 11.3 Å². The highest BCUT2D eigenvalue weighted by Crippen LogP contribution is 2.31. The van der Waals surface area contributed by atoms with Crippen molar-refractivity contribution in [1.82, 2.24) is 0 Å². The number of hydrogen-bond acceptors (Lipinski definition) is 3. The Kier molecular flexibility index (Phi) is 3.98. The summed E-state index contributed by atoms with van der Waals surface area (Å²) in [6.07, 6.45) is 0.902. The van der Waals surface area contributed by atoms with Crippen molar-refractivity contribution in [2.75, 3.05) is 16.9 Å². The van der Waals surface area contributed by atoms with Crippen molar-refractivity contribution in [2.45, 2.75) is 13.3 Å². The first-order chi connectivity index (χ1) is 10.6. The van der Waals surface area contributed by atoms with Gasteiger partial charge in [-0.2, -0.15) is 0 Å². The van der Waals surface area contributed by atoms with Gasteiger partial charge in [-0.3, -0.25) is 14.5 Å². The molecule has 0 fully saturated rings. The van der Waals surface area contributed by atoms with Gasteiger partial charge in [0.05, 0.1) is 17.9 Å². The van der Waals surface area contributed by atoms with Gasteiger partial charge in [-0.25, -0.2) is 0 Å². The summed E-state index contributed by atoms with van der Waals surface area (Å²) in [6, 6.07) is 13.3. The van der Waals surface area contributed by atoms with Crippen molar-refractivity contribution in [1.29, 1.82) is 0 Å². The summed E-state index contributed by atoms with van der Waals surface area (Å²) in [6.45, 7) is 2.36. The minimum absolute atomic E-state index is 0.274. The molecule has 0 saturated heterocycles. The van der Waals surface area contributed by atoms with Gasteiger partial charge in [0.2, 0.25) is 0 Å². The van der Waals surface area contributed by atoms with Crippen molar-refractivity contribution in [3.63, 3.8) is 0 Å². The molecule has 0 aromatic heterocycles. The molecule has 1 amide bonds. The Balaban J connectivity index is 1.85. The van der Waals surface area contributed by atoms with Gasteiger partial charge in [0, 0.05) is 10.2 Å². The van der Waals surface area contributed by atoms with E-state index in [0.717, 1.165) is 16.6 Å². The standard InChI is InChI=1S/C17H15BrN2O2/c1-2-11-5-3-4-6-14(11)19-10-20-15-8-7-12(18)9-13(15)16(21)17(20)22/h3-9,19H,2,10H2,1H3. The molecule has 0 saturated carbocycles. The maximum Gasteiger partial charge on any atom is 0.300 e. The Morgan fingerprint density at radius 1 is 1.14 bits per heavy atom. The normalized spacial score (nSPS) is 13.5. The Morgan fingerprint density at radius 3 is 2.68 bits per heavy atom. The number of carbonyl (C=O) groups is 2. The minimum atomic E-state index is -0.491. The highest BCUT2D eigenvalue weighted by molar-refractivity contribution is 9.10. The molecular weight excluding hydrogens is 344 g/mol. The molecule has 2 aromatic carbocycles. The van der Waals surface area contributed by atoms with Gasteiger partial charge in [-0.1, -0.05) is 41.1 Å². The predicted molar refractivity (Wildman–Crippen MR) is 90.3 cm³/mol. The van der Waals surface area contributed by atoms with Crippen molar-refractivity contribution in [2.24, 2.45) is 0 Å². The number of Topliss-reactive ketones (excluding diaryl/α,β-unsaturated/α-hetero) is 1. The Morgan fingerprint density at radius 2 is 1.91 bits per heavy atom. The quantitative estimate of drug-likeness (QED) is 0.849. The largest absolute Gasteiger partial charge is 0.367 e. The van der Waals surface area contributed by atoms with Gasteiger partial charge < -0.3 is 5.32 Å². The number of fused-ring (bicyclic) bond motifs is 1. The fourth-order valence-corrected chi connectivity index (χ4v) is 2.96. The molecule has 22 heavy (non-hydrogen) atoms. The van der Waals surface area contributed by atoms with E-state index in [4.69, 9.17) is 0 Å². The molecule has 5 heteroatoms. The van der Waals surface area contributed by atoms with Crippen LogP contribution in [0.15, 0.2) is 46.9 Å². The third-order valence-electron chi connectivity index (χ3n) is 3.76. The van der Waals surface area contributed by atoms with E-state index in [1.54, 1.807) is 12.1 Å². The number of ketones is 1. The molecule has 1 aliphatic heterocycles. The highest BCUT2D eigenvalue weighted by Gasteiger charge is 2.35. The first-order valence-electron chi connectivity index (χ1n) is 7.09. The summed E-state index contributed by atoms with van der Waals surface area (Å²) in [7, 11) is 0. The minimum Gasteiger partial charge on any atom is -0.367 e. The zero-order valence-electron chi connectivity index (χ0n) is 12.1. The van der Waals surface area contributed by atoms with E-state index < -0.39 is 11.7 Å². The van der Waals surface area contributed by atoms with Crippen molar-refractivity contribution in [3.8, 4) is 0 Å². The molecule has 0 spiro atoms. The van der Waals surface area contributed by atoms with Gasteiger partial charge in [-0.15, -0.1) is 0 Å². The molecule has 1 aliphatic rings. The van der Waals surface area contributed by atoms with E-state index in [1.807, 2.05) is 30.3 Å². The number of carbonyl (C=O) groups excluding carboxylic acids is 2. The van der Waals surface area contributed by atoms with Crippen LogP contribution in [-0.2, 0) is 11.2 Å². The molecule has 1 heterocycles. The number of para-hydroxylation sites is 1. The number of benzene rings is 2.